The van der Waals surface area contributed by atoms with Gasteiger partial charge in [-0.2, -0.15) is 0 Å². The first-order valence-electron chi connectivity index (χ1n) is 7.13. The van der Waals surface area contributed by atoms with Crippen LogP contribution in [-0.2, 0) is 22.2 Å². The highest BCUT2D eigenvalue weighted by Crippen LogP contribution is 2.32. The van der Waals surface area contributed by atoms with E-state index in [0.29, 0.717) is 35.1 Å². The van der Waals surface area contributed by atoms with Gasteiger partial charge in [0.1, 0.15) is 0 Å². The monoisotopic (exact) mass is 353 g/mol. The Hall–Kier alpha value is -1.76. The molecule has 0 bridgehead atoms. The summed E-state index contributed by atoms with van der Waals surface area (Å²) in [4.78, 5) is 0. The van der Waals surface area contributed by atoms with Gasteiger partial charge in [-0.1, -0.05) is 35.9 Å². The molecule has 0 atom stereocenters. The Morgan fingerprint density at radius 3 is 2.70 bits per heavy atom. The standard InChI is InChI=1S/C16H16ClNO4S/c17-14-4-2-1-3-13(14)10-23(19,20)18-8-7-12-5-6-15-16(9-12)22-11-21-15/h1-6,9,18H,7-8,10-11H2. The van der Waals surface area contributed by atoms with Gasteiger partial charge >= 0.3 is 0 Å². The normalized spacial score (nSPS) is 13.3. The summed E-state index contributed by atoms with van der Waals surface area (Å²) in [6.07, 6.45) is 0.568. The van der Waals surface area contributed by atoms with Crippen LogP contribution in [0.15, 0.2) is 42.5 Å². The Morgan fingerprint density at radius 1 is 1.09 bits per heavy atom. The van der Waals surface area contributed by atoms with E-state index in [-0.39, 0.29) is 12.5 Å². The van der Waals surface area contributed by atoms with Gasteiger partial charge in [-0.25, -0.2) is 13.1 Å². The quantitative estimate of drug-likeness (QED) is 0.867. The van der Waals surface area contributed by atoms with Crippen LogP contribution in [0.3, 0.4) is 0 Å². The van der Waals surface area contributed by atoms with Gasteiger partial charge < -0.3 is 9.47 Å². The zero-order valence-corrected chi connectivity index (χ0v) is 13.9. The molecule has 0 saturated heterocycles. The maximum absolute atomic E-state index is 12.1. The molecular weight excluding hydrogens is 338 g/mol. The molecule has 0 aromatic heterocycles. The average molecular weight is 354 g/mol. The van der Waals surface area contributed by atoms with Crippen molar-refractivity contribution in [3.63, 3.8) is 0 Å². The van der Waals surface area contributed by atoms with E-state index in [4.69, 9.17) is 21.1 Å². The molecule has 0 amide bonds. The average Bonchev–Trinajstić information content (AvgIpc) is 2.97. The Labute approximate surface area is 140 Å². The zero-order chi connectivity index (χ0) is 16.3. The van der Waals surface area contributed by atoms with Gasteiger partial charge in [-0.05, 0) is 35.7 Å². The third kappa shape index (κ3) is 4.16. The molecule has 122 valence electrons. The summed E-state index contributed by atoms with van der Waals surface area (Å²) in [5.74, 6) is 1.28. The smallest absolute Gasteiger partial charge is 0.231 e. The maximum Gasteiger partial charge on any atom is 0.231 e. The minimum absolute atomic E-state index is 0.131. The topological polar surface area (TPSA) is 64.6 Å². The van der Waals surface area contributed by atoms with Crippen molar-refractivity contribution in [3.8, 4) is 11.5 Å². The van der Waals surface area contributed by atoms with Gasteiger partial charge in [0.05, 0.1) is 5.75 Å². The number of sulfonamides is 1. The highest BCUT2D eigenvalue weighted by molar-refractivity contribution is 7.88. The number of rotatable bonds is 6. The van der Waals surface area contributed by atoms with E-state index in [1.165, 1.54) is 0 Å². The lowest BCUT2D eigenvalue weighted by molar-refractivity contribution is 0.174. The molecule has 1 N–H and O–H groups in total. The molecule has 1 aliphatic heterocycles. The third-order valence-corrected chi connectivity index (χ3v) is 5.18. The molecular formula is C16H16ClNO4S. The van der Waals surface area contributed by atoms with Crippen LogP contribution in [0.2, 0.25) is 5.02 Å². The summed E-state index contributed by atoms with van der Waals surface area (Å²) in [6, 6.07) is 12.5. The molecule has 0 aliphatic carbocycles. The first kappa shape index (κ1) is 16.1. The van der Waals surface area contributed by atoms with E-state index in [1.54, 1.807) is 24.3 Å². The van der Waals surface area contributed by atoms with Crippen molar-refractivity contribution in [2.45, 2.75) is 12.2 Å². The molecule has 0 fully saturated rings. The van der Waals surface area contributed by atoms with Gasteiger partial charge in [0, 0.05) is 11.6 Å². The van der Waals surface area contributed by atoms with Gasteiger partial charge in [-0.15, -0.1) is 0 Å². The zero-order valence-electron chi connectivity index (χ0n) is 12.3. The summed E-state index contributed by atoms with van der Waals surface area (Å²) in [6.45, 7) is 0.537. The minimum Gasteiger partial charge on any atom is -0.454 e. The molecule has 0 spiro atoms. The largest absolute Gasteiger partial charge is 0.454 e. The second-order valence-corrected chi connectivity index (χ2v) is 7.40. The first-order valence-corrected chi connectivity index (χ1v) is 9.16. The summed E-state index contributed by atoms with van der Waals surface area (Å²) < 4.78 is 37.4. The number of nitrogens with one attached hydrogen (secondary N) is 1. The van der Waals surface area contributed by atoms with E-state index < -0.39 is 10.0 Å². The molecule has 0 radical (unpaired) electrons. The van der Waals surface area contributed by atoms with Crippen LogP contribution >= 0.6 is 11.6 Å². The molecule has 2 aromatic rings. The van der Waals surface area contributed by atoms with E-state index in [1.807, 2.05) is 18.2 Å². The molecule has 7 heteroatoms. The fourth-order valence-corrected chi connectivity index (χ4v) is 3.78. The van der Waals surface area contributed by atoms with E-state index in [2.05, 4.69) is 4.72 Å². The molecule has 2 aromatic carbocycles. The summed E-state index contributed by atoms with van der Waals surface area (Å²) in [5, 5.41) is 0.452. The maximum atomic E-state index is 12.1. The van der Waals surface area contributed by atoms with Crippen molar-refractivity contribution in [2.24, 2.45) is 0 Å². The lowest BCUT2D eigenvalue weighted by Crippen LogP contribution is -2.27. The second kappa shape index (κ2) is 6.78. The van der Waals surface area contributed by atoms with Crippen molar-refractivity contribution >= 4 is 21.6 Å². The number of fused-ring (bicyclic) bond motifs is 1. The summed E-state index contributed by atoms with van der Waals surface area (Å²) >= 11 is 6.00. The van der Waals surface area contributed by atoms with Gasteiger partial charge in [0.2, 0.25) is 16.8 Å². The fourth-order valence-electron chi connectivity index (χ4n) is 2.32. The Bertz CT molecular complexity index is 807. The molecule has 0 unspecified atom stereocenters. The predicted octanol–water partition coefficient (Wildman–Crippen LogP) is 2.73. The molecule has 1 aliphatic rings. The first-order chi connectivity index (χ1) is 11.0. The lowest BCUT2D eigenvalue weighted by Gasteiger charge is -2.08. The van der Waals surface area contributed by atoms with Gasteiger partial charge in [-0.3, -0.25) is 0 Å². The van der Waals surface area contributed by atoms with Crippen LogP contribution in [0.25, 0.3) is 0 Å². The highest BCUT2D eigenvalue weighted by Gasteiger charge is 2.15. The fraction of sp³-hybridized carbons (Fsp3) is 0.250. The van der Waals surface area contributed by atoms with Crippen LogP contribution in [0.1, 0.15) is 11.1 Å². The lowest BCUT2D eigenvalue weighted by atomic mass is 10.1. The van der Waals surface area contributed by atoms with Gasteiger partial charge in [0.25, 0.3) is 0 Å². The third-order valence-electron chi connectivity index (χ3n) is 3.48. The SMILES string of the molecule is O=S(=O)(Cc1ccccc1Cl)NCCc1ccc2c(c1)OCO2. The Kier molecular flexibility index (Phi) is 4.75. The second-order valence-electron chi connectivity index (χ2n) is 5.18. The number of hydrogen-bond acceptors (Lipinski definition) is 4. The number of hydrogen-bond donors (Lipinski definition) is 1. The van der Waals surface area contributed by atoms with Crippen LogP contribution in [-0.4, -0.2) is 21.8 Å². The van der Waals surface area contributed by atoms with Gasteiger partial charge in [0.15, 0.2) is 11.5 Å². The predicted molar refractivity (Wildman–Crippen MR) is 88.3 cm³/mol. The Balaban J connectivity index is 1.56. The molecule has 3 rings (SSSR count). The van der Waals surface area contributed by atoms with Crippen molar-refractivity contribution in [2.75, 3.05) is 13.3 Å². The summed E-state index contributed by atoms with van der Waals surface area (Å²) in [5.41, 5.74) is 1.57. The number of halogens is 1. The van der Waals surface area contributed by atoms with E-state index in [0.717, 1.165) is 5.56 Å². The number of benzene rings is 2. The highest BCUT2D eigenvalue weighted by atomic mass is 35.5. The van der Waals surface area contributed by atoms with Crippen molar-refractivity contribution in [1.29, 1.82) is 0 Å². The molecule has 23 heavy (non-hydrogen) atoms. The van der Waals surface area contributed by atoms with Crippen LogP contribution < -0.4 is 14.2 Å². The molecule has 5 nitrogen and oxygen atoms in total. The van der Waals surface area contributed by atoms with Crippen LogP contribution in [0.5, 0.6) is 11.5 Å². The number of ether oxygens (including phenoxy) is 2. The van der Waals surface area contributed by atoms with Crippen LogP contribution in [0.4, 0.5) is 0 Å². The van der Waals surface area contributed by atoms with Crippen molar-refractivity contribution in [1.82, 2.24) is 4.72 Å². The van der Waals surface area contributed by atoms with E-state index in [9.17, 15) is 8.42 Å². The Morgan fingerprint density at radius 2 is 1.87 bits per heavy atom. The minimum atomic E-state index is -3.43. The summed E-state index contributed by atoms with van der Waals surface area (Å²) in [7, 11) is -3.43. The van der Waals surface area contributed by atoms with Crippen molar-refractivity contribution in [3.05, 3.63) is 58.6 Å². The van der Waals surface area contributed by atoms with Crippen molar-refractivity contribution < 1.29 is 17.9 Å². The molecule has 1 heterocycles. The van der Waals surface area contributed by atoms with E-state index >= 15 is 0 Å². The molecule has 0 saturated carbocycles. The van der Waals surface area contributed by atoms with Crippen LogP contribution in [0, 0.1) is 0 Å².